The maximum absolute atomic E-state index is 9.22. The molecule has 0 spiro atoms. The summed E-state index contributed by atoms with van der Waals surface area (Å²) in [5, 5.41) is 13.1. The molecule has 1 unspecified atom stereocenters. The quantitative estimate of drug-likeness (QED) is 0.871. The van der Waals surface area contributed by atoms with Gasteiger partial charge in [-0.2, -0.15) is 4.98 Å². The molecule has 1 atom stereocenters. The van der Waals surface area contributed by atoms with Crippen molar-refractivity contribution in [1.82, 2.24) is 10.1 Å². The van der Waals surface area contributed by atoms with E-state index in [2.05, 4.69) is 10.1 Å². The highest BCUT2D eigenvalue weighted by atomic mass is 16.5. The largest absolute Gasteiger partial charge is 0.497 e. The standard InChI is InChI=1S/C12H14N2O3/c1-8(15)6-11-13-12(14-17-11)9-4-3-5-10(7-9)16-2/h3-5,7-8,15H,6H2,1-2H3. The van der Waals surface area contributed by atoms with Crippen molar-refractivity contribution in [2.75, 3.05) is 7.11 Å². The van der Waals surface area contributed by atoms with Crippen LogP contribution in [0.15, 0.2) is 28.8 Å². The molecule has 2 aromatic rings. The Balaban J connectivity index is 2.24. The smallest absolute Gasteiger partial charge is 0.229 e. The first-order chi connectivity index (χ1) is 8.19. The molecule has 0 aliphatic carbocycles. The van der Waals surface area contributed by atoms with Gasteiger partial charge in [0.1, 0.15) is 5.75 Å². The van der Waals surface area contributed by atoms with Crippen LogP contribution in [0.1, 0.15) is 12.8 Å². The zero-order valence-electron chi connectivity index (χ0n) is 9.75. The van der Waals surface area contributed by atoms with E-state index in [4.69, 9.17) is 9.26 Å². The van der Waals surface area contributed by atoms with Gasteiger partial charge in [-0.15, -0.1) is 0 Å². The molecule has 5 nitrogen and oxygen atoms in total. The minimum Gasteiger partial charge on any atom is -0.497 e. The third-order valence-corrected chi connectivity index (χ3v) is 2.27. The number of benzene rings is 1. The van der Waals surface area contributed by atoms with Crippen LogP contribution in [0.2, 0.25) is 0 Å². The van der Waals surface area contributed by atoms with Crippen LogP contribution < -0.4 is 4.74 Å². The van der Waals surface area contributed by atoms with E-state index >= 15 is 0 Å². The molecule has 2 rings (SSSR count). The number of hydrogen-bond donors (Lipinski definition) is 1. The molecular weight excluding hydrogens is 220 g/mol. The number of ether oxygens (including phenoxy) is 1. The van der Waals surface area contributed by atoms with Crippen molar-refractivity contribution in [3.8, 4) is 17.1 Å². The van der Waals surface area contributed by atoms with Crippen LogP contribution in [-0.4, -0.2) is 28.5 Å². The molecule has 0 bridgehead atoms. The van der Waals surface area contributed by atoms with E-state index in [1.54, 1.807) is 14.0 Å². The molecule has 0 amide bonds. The monoisotopic (exact) mass is 234 g/mol. The van der Waals surface area contributed by atoms with Crippen LogP contribution in [0.4, 0.5) is 0 Å². The van der Waals surface area contributed by atoms with Crippen molar-refractivity contribution in [3.05, 3.63) is 30.2 Å². The van der Waals surface area contributed by atoms with Gasteiger partial charge in [0, 0.05) is 5.56 Å². The lowest BCUT2D eigenvalue weighted by molar-refractivity contribution is 0.181. The Morgan fingerprint density at radius 1 is 1.47 bits per heavy atom. The fourth-order valence-electron chi connectivity index (χ4n) is 1.47. The molecule has 1 heterocycles. The van der Waals surface area contributed by atoms with Crippen molar-refractivity contribution >= 4 is 0 Å². The Hall–Kier alpha value is -1.88. The lowest BCUT2D eigenvalue weighted by Crippen LogP contribution is -2.04. The number of aliphatic hydroxyl groups excluding tert-OH is 1. The molecule has 0 radical (unpaired) electrons. The zero-order chi connectivity index (χ0) is 12.3. The van der Waals surface area contributed by atoms with E-state index < -0.39 is 6.10 Å². The van der Waals surface area contributed by atoms with E-state index in [0.717, 1.165) is 11.3 Å². The number of rotatable bonds is 4. The molecule has 0 aliphatic heterocycles. The van der Waals surface area contributed by atoms with Gasteiger partial charge in [-0.05, 0) is 19.1 Å². The zero-order valence-corrected chi connectivity index (χ0v) is 9.75. The van der Waals surface area contributed by atoms with Crippen molar-refractivity contribution in [3.63, 3.8) is 0 Å². The fraction of sp³-hybridized carbons (Fsp3) is 0.333. The average molecular weight is 234 g/mol. The second-order valence-electron chi connectivity index (χ2n) is 3.80. The van der Waals surface area contributed by atoms with Gasteiger partial charge >= 0.3 is 0 Å². The molecule has 1 aromatic heterocycles. The second kappa shape index (κ2) is 4.97. The van der Waals surface area contributed by atoms with E-state index in [1.807, 2.05) is 24.3 Å². The average Bonchev–Trinajstić information content (AvgIpc) is 2.77. The molecule has 1 N–H and O–H groups in total. The highest BCUT2D eigenvalue weighted by Gasteiger charge is 2.10. The summed E-state index contributed by atoms with van der Waals surface area (Å²) in [6.45, 7) is 1.68. The normalized spacial score (nSPS) is 12.4. The summed E-state index contributed by atoms with van der Waals surface area (Å²) in [6.07, 6.45) is -0.134. The topological polar surface area (TPSA) is 68.4 Å². The van der Waals surface area contributed by atoms with E-state index in [1.165, 1.54) is 0 Å². The van der Waals surface area contributed by atoms with Crippen LogP contribution in [-0.2, 0) is 6.42 Å². The number of methoxy groups -OCH3 is 1. The number of aliphatic hydroxyl groups is 1. The third kappa shape index (κ3) is 2.82. The maximum Gasteiger partial charge on any atom is 0.229 e. The minimum absolute atomic E-state index is 0.358. The van der Waals surface area contributed by atoms with Crippen LogP contribution in [0.5, 0.6) is 5.75 Å². The summed E-state index contributed by atoms with van der Waals surface area (Å²) in [5.74, 6) is 1.67. The fourth-order valence-corrected chi connectivity index (χ4v) is 1.47. The Labute approximate surface area is 99.0 Å². The van der Waals surface area contributed by atoms with Crippen molar-refractivity contribution in [2.45, 2.75) is 19.4 Å². The molecule has 17 heavy (non-hydrogen) atoms. The van der Waals surface area contributed by atoms with Crippen LogP contribution in [0, 0.1) is 0 Å². The Bertz CT molecular complexity index is 494. The van der Waals surface area contributed by atoms with Crippen molar-refractivity contribution < 1.29 is 14.4 Å². The van der Waals surface area contributed by atoms with Crippen molar-refractivity contribution in [2.24, 2.45) is 0 Å². The molecule has 0 fully saturated rings. The summed E-state index contributed by atoms with van der Waals surface area (Å²) >= 11 is 0. The second-order valence-corrected chi connectivity index (χ2v) is 3.80. The Morgan fingerprint density at radius 2 is 2.29 bits per heavy atom. The predicted octanol–water partition coefficient (Wildman–Crippen LogP) is 1.67. The molecule has 1 aromatic carbocycles. The van der Waals surface area contributed by atoms with Crippen LogP contribution in [0.25, 0.3) is 11.4 Å². The molecule has 0 saturated heterocycles. The molecule has 0 saturated carbocycles. The number of hydrogen-bond acceptors (Lipinski definition) is 5. The van der Waals surface area contributed by atoms with E-state index in [0.29, 0.717) is 18.1 Å². The molecule has 90 valence electrons. The predicted molar refractivity (Wildman–Crippen MR) is 61.7 cm³/mol. The van der Waals surface area contributed by atoms with E-state index in [-0.39, 0.29) is 0 Å². The summed E-state index contributed by atoms with van der Waals surface area (Å²) in [4.78, 5) is 4.20. The van der Waals surface area contributed by atoms with Gasteiger partial charge in [0.05, 0.1) is 19.6 Å². The first-order valence-corrected chi connectivity index (χ1v) is 5.34. The summed E-state index contributed by atoms with van der Waals surface area (Å²) in [7, 11) is 1.61. The summed E-state index contributed by atoms with van der Waals surface area (Å²) in [6, 6.07) is 7.41. The Morgan fingerprint density at radius 3 is 3.00 bits per heavy atom. The van der Waals surface area contributed by atoms with Crippen LogP contribution in [0.3, 0.4) is 0 Å². The van der Waals surface area contributed by atoms with Gasteiger partial charge < -0.3 is 14.4 Å². The van der Waals surface area contributed by atoms with Crippen LogP contribution >= 0.6 is 0 Å². The highest BCUT2D eigenvalue weighted by Crippen LogP contribution is 2.21. The van der Waals surface area contributed by atoms with Gasteiger partial charge in [0.25, 0.3) is 0 Å². The maximum atomic E-state index is 9.22. The van der Waals surface area contributed by atoms with Crippen molar-refractivity contribution in [1.29, 1.82) is 0 Å². The molecule has 5 heteroatoms. The molecule has 0 aliphatic rings. The van der Waals surface area contributed by atoms with Gasteiger partial charge in [-0.25, -0.2) is 0 Å². The van der Waals surface area contributed by atoms with Gasteiger partial charge in [-0.1, -0.05) is 17.3 Å². The van der Waals surface area contributed by atoms with Gasteiger partial charge in [0.15, 0.2) is 0 Å². The highest BCUT2D eigenvalue weighted by molar-refractivity contribution is 5.56. The summed E-state index contributed by atoms with van der Waals surface area (Å²) < 4.78 is 10.2. The lowest BCUT2D eigenvalue weighted by Gasteiger charge is -2.00. The minimum atomic E-state index is -0.492. The Kier molecular flexibility index (Phi) is 3.39. The number of aromatic nitrogens is 2. The summed E-state index contributed by atoms with van der Waals surface area (Å²) in [5.41, 5.74) is 0.824. The van der Waals surface area contributed by atoms with Gasteiger partial charge in [0.2, 0.25) is 11.7 Å². The molecular formula is C12H14N2O3. The first kappa shape index (κ1) is 11.6. The third-order valence-electron chi connectivity index (χ3n) is 2.27. The van der Waals surface area contributed by atoms with Gasteiger partial charge in [-0.3, -0.25) is 0 Å². The first-order valence-electron chi connectivity index (χ1n) is 5.34. The SMILES string of the molecule is COc1cccc(-c2noc(CC(C)O)n2)c1. The lowest BCUT2D eigenvalue weighted by atomic mass is 10.2. The van der Waals surface area contributed by atoms with E-state index in [9.17, 15) is 5.11 Å². The number of nitrogens with zero attached hydrogens (tertiary/aromatic N) is 2.